The van der Waals surface area contributed by atoms with Crippen LogP contribution in [0.15, 0.2) is 197 Å². The van der Waals surface area contributed by atoms with Crippen molar-refractivity contribution in [2.45, 2.75) is 0 Å². The van der Waals surface area contributed by atoms with Crippen LogP contribution in [0.4, 0.5) is 0 Å². The summed E-state index contributed by atoms with van der Waals surface area (Å²) in [6.07, 6.45) is 0. The van der Waals surface area contributed by atoms with Crippen LogP contribution < -0.4 is 0 Å². The predicted molar refractivity (Wildman–Crippen MR) is 227 cm³/mol. The first kappa shape index (κ1) is 31.9. The van der Waals surface area contributed by atoms with E-state index in [2.05, 4.69) is 115 Å². The Morgan fingerprint density at radius 3 is 1.23 bits per heavy atom. The minimum absolute atomic E-state index is 0.577. The summed E-state index contributed by atoms with van der Waals surface area (Å²) in [6, 6.07) is 64.8. The average Bonchev–Trinajstić information content (AvgIpc) is 3.84. The van der Waals surface area contributed by atoms with Crippen molar-refractivity contribution in [3.05, 3.63) is 188 Å². The molecule has 0 amide bonds. The van der Waals surface area contributed by atoms with E-state index in [9.17, 15) is 0 Å². The molecule has 11 aromatic rings. The second-order valence-electron chi connectivity index (χ2n) is 14.0. The number of nitrogens with zero attached hydrogens (tertiary/aromatic N) is 3. The molecule has 3 heterocycles. The Kier molecular flexibility index (Phi) is 7.42. The molecule has 5 heteroatoms. The lowest BCUT2D eigenvalue weighted by molar-refractivity contribution is 0.668. The zero-order valence-corrected chi connectivity index (χ0v) is 30.1. The van der Waals surface area contributed by atoms with Gasteiger partial charge in [0.1, 0.15) is 22.3 Å². The standard InChI is InChI=1S/C51H31N3O2/c1-3-9-32(10-4-1)33-15-17-34(18-16-33)35-19-21-36(22-20-35)38-23-26-43-44-29-39(25-28-46(44)56-47(43)30-38)50-52-49(37-11-5-2-6-12-37)53-51(54-50)40-24-27-42-41-13-7-8-14-45(41)55-48(42)31-40/h1-31H. The van der Waals surface area contributed by atoms with Gasteiger partial charge < -0.3 is 8.83 Å². The number of hydrogen-bond acceptors (Lipinski definition) is 5. The van der Waals surface area contributed by atoms with E-state index in [1.165, 1.54) is 22.3 Å². The third kappa shape index (κ3) is 5.62. The fraction of sp³-hybridized carbons (Fsp3) is 0. The van der Waals surface area contributed by atoms with Gasteiger partial charge in [-0.1, -0.05) is 140 Å². The van der Waals surface area contributed by atoms with Gasteiger partial charge in [-0.15, -0.1) is 0 Å². The summed E-state index contributed by atoms with van der Waals surface area (Å²) >= 11 is 0. The molecule has 0 aliphatic rings. The molecule has 0 aliphatic carbocycles. The van der Waals surface area contributed by atoms with Crippen LogP contribution in [-0.2, 0) is 0 Å². The van der Waals surface area contributed by atoms with Gasteiger partial charge in [-0.3, -0.25) is 0 Å². The number of para-hydroxylation sites is 1. The van der Waals surface area contributed by atoms with E-state index in [-0.39, 0.29) is 0 Å². The van der Waals surface area contributed by atoms with Gasteiger partial charge in [-0.25, -0.2) is 15.0 Å². The topological polar surface area (TPSA) is 65.0 Å². The van der Waals surface area contributed by atoms with E-state index in [0.717, 1.165) is 71.7 Å². The van der Waals surface area contributed by atoms with Crippen molar-refractivity contribution in [1.82, 2.24) is 15.0 Å². The maximum Gasteiger partial charge on any atom is 0.164 e. The minimum Gasteiger partial charge on any atom is -0.456 e. The number of rotatable bonds is 6. The van der Waals surface area contributed by atoms with E-state index in [1.54, 1.807) is 0 Å². The molecule has 262 valence electrons. The zero-order valence-electron chi connectivity index (χ0n) is 30.1. The zero-order chi connectivity index (χ0) is 37.0. The van der Waals surface area contributed by atoms with Crippen LogP contribution in [0.1, 0.15) is 0 Å². The molecule has 0 bridgehead atoms. The van der Waals surface area contributed by atoms with E-state index >= 15 is 0 Å². The lowest BCUT2D eigenvalue weighted by Gasteiger charge is -2.08. The highest BCUT2D eigenvalue weighted by Crippen LogP contribution is 2.37. The third-order valence-corrected chi connectivity index (χ3v) is 10.6. The van der Waals surface area contributed by atoms with E-state index in [4.69, 9.17) is 23.8 Å². The Balaban J connectivity index is 0.934. The quantitative estimate of drug-likeness (QED) is 0.171. The smallest absolute Gasteiger partial charge is 0.164 e. The first-order chi connectivity index (χ1) is 27.7. The molecule has 56 heavy (non-hydrogen) atoms. The minimum atomic E-state index is 0.577. The Labute approximate surface area is 322 Å². The molecule has 0 saturated carbocycles. The van der Waals surface area contributed by atoms with E-state index in [0.29, 0.717) is 17.5 Å². The highest BCUT2D eigenvalue weighted by atomic mass is 16.3. The molecule has 0 unspecified atom stereocenters. The molecule has 5 nitrogen and oxygen atoms in total. The van der Waals surface area contributed by atoms with Crippen LogP contribution in [0.25, 0.3) is 111 Å². The third-order valence-electron chi connectivity index (χ3n) is 10.6. The molecule has 3 aromatic heterocycles. The Morgan fingerprint density at radius 2 is 0.607 bits per heavy atom. The number of aromatic nitrogens is 3. The van der Waals surface area contributed by atoms with Crippen molar-refractivity contribution in [2.24, 2.45) is 0 Å². The molecule has 0 radical (unpaired) electrons. The molecule has 8 aromatic carbocycles. The van der Waals surface area contributed by atoms with Crippen LogP contribution in [-0.4, -0.2) is 15.0 Å². The SMILES string of the molecule is c1ccc(-c2ccc(-c3ccc(-c4ccc5c(c4)oc4ccc(-c6nc(-c7ccccc7)nc(-c7ccc8c(c7)oc7ccccc78)n6)cc45)cc3)cc2)cc1. The highest BCUT2D eigenvalue weighted by molar-refractivity contribution is 6.07. The van der Waals surface area contributed by atoms with Gasteiger partial charge in [0, 0.05) is 38.2 Å². The molecule has 0 atom stereocenters. The number of furan rings is 2. The van der Waals surface area contributed by atoms with Crippen LogP contribution >= 0.6 is 0 Å². The Bertz CT molecular complexity index is 3220. The van der Waals surface area contributed by atoms with Gasteiger partial charge in [-0.2, -0.15) is 0 Å². The summed E-state index contributed by atoms with van der Waals surface area (Å²) < 4.78 is 12.7. The van der Waals surface area contributed by atoms with Gasteiger partial charge in [-0.05, 0) is 81.9 Å². The molecule has 0 aliphatic heterocycles. The van der Waals surface area contributed by atoms with Crippen molar-refractivity contribution >= 4 is 43.9 Å². The second-order valence-corrected chi connectivity index (χ2v) is 14.0. The van der Waals surface area contributed by atoms with Crippen LogP contribution in [0, 0.1) is 0 Å². The van der Waals surface area contributed by atoms with Crippen molar-refractivity contribution in [1.29, 1.82) is 0 Å². The van der Waals surface area contributed by atoms with Crippen LogP contribution in [0.3, 0.4) is 0 Å². The Morgan fingerprint density at radius 1 is 0.232 bits per heavy atom. The fourth-order valence-electron chi connectivity index (χ4n) is 7.65. The van der Waals surface area contributed by atoms with Crippen molar-refractivity contribution in [2.75, 3.05) is 0 Å². The fourth-order valence-corrected chi connectivity index (χ4v) is 7.65. The molecule has 0 saturated heterocycles. The normalized spacial score (nSPS) is 11.6. The molecule has 0 fully saturated rings. The largest absolute Gasteiger partial charge is 0.456 e. The summed E-state index contributed by atoms with van der Waals surface area (Å²) in [5.74, 6) is 1.77. The van der Waals surface area contributed by atoms with Crippen molar-refractivity contribution < 1.29 is 8.83 Å². The summed E-state index contributed by atoms with van der Waals surface area (Å²) in [7, 11) is 0. The summed E-state index contributed by atoms with van der Waals surface area (Å²) in [6.45, 7) is 0. The van der Waals surface area contributed by atoms with Gasteiger partial charge in [0.05, 0.1) is 0 Å². The second kappa shape index (κ2) is 13.0. The van der Waals surface area contributed by atoms with Crippen LogP contribution in [0.2, 0.25) is 0 Å². The van der Waals surface area contributed by atoms with Crippen LogP contribution in [0.5, 0.6) is 0 Å². The number of fused-ring (bicyclic) bond motifs is 6. The average molecular weight is 718 g/mol. The van der Waals surface area contributed by atoms with Gasteiger partial charge >= 0.3 is 0 Å². The van der Waals surface area contributed by atoms with Gasteiger partial charge in [0.2, 0.25) is 0 Å². The first-order valence-corrected chi connectivity index (χ1v) is 18.7. The Hall–Kier alpha value is -7.63. The molecule has 0 spiro atoms. The number of hydrogen-bond donors (Lipinski definition) is 0. The summed E-state index contributed by atoms with van der Waals surface area (Å²) in [5.41, 5.74) is 13.0. The van der Waals surface area contributed by atoms with Crippen molar-refractivity contribution in [3.63, 3.8) is 0 Å². The monoisotopic (exact) mass is 717 g/mol. The highest BCUT2D eigenvalue weighted by Gasteiger charge is 2.17. The summed E-state index contributed by atoms with van der Waals surface area (Å²) in [5, 5.41) is 4.19. The molecule has 0 N–H and O–H groups in total. The van der Waals surface area contributed by atoms with E-state index in [1.807, 2.05) is 72.8 Å². The lowest BCUT2D eigenvalue weighted by atomic mass is 9.97. The maximum atomic E-state index is 6.43. The first-order valence-electron chi connectivity index (χ1n) is 18.7. The molecular formula is C51H31N3O2. The maximum absolute atomic E-state index is 6.43. The number of benzene rings is 8. The molecular weight excluding hydrogens is 687 g/mol. The van der Waals surface area contributed by atoms with Crippen molar-refractivity contribution in [3.8, 4) is 67.5 Å². The van der Waals surface area contributed by atoms with Gasteiger partial charge in [0.25, 0.3) is 0 Å². The summed E-state index contributed by atoms with van der Waals surface area (Å²) in [4.78, 5) is 15.0. The van der Waals surface area contributed by atoms with E-state index < -0.39 is 0 Å². The predicted octanol–water partition coefficient (Wildman–Crippen LogP) is 13.7. The molecule has 11 rings (SSSR count). The lowest BCUT2D eigenvalue weighted by Crippen LogP contribution is -2.00. The van der Waals surface area contributed by atoms with Gasteiger partial charge in [0.15, 0.2) is 17.5 Å².